The average molecular weight is 374 g/mol. The van der Waals surface area contributed by atoms with Crippen molar-refractivity contribution in [2.24, 2.45) is 0 Å². The van der Waals surface area contributed by atoms with E-state index in [4.69, 9.17) is 9.72 Å². The van der Waals surface area contributed by atoms with Gasteiger partial charge in [0.15, 0.2) is 5.16 Å². The molecule has 0 radical (unpaired) electrons. The monoisotopic (exact) mass is 373 g/mol. The van der Waals surface area contributed by atoms with Crippen molar-refractivity contribution in [3.8, 4) is 5.75 Å². The van der Waals surface area contributed by atoms with E-state index in [1.54, 1.807) is 0 Å². The SMILES string of the molecule is CCOc1ccc(NC(=O)CSc2nc(C)c(C)n2C2CCCC2)cc1. The third-order valence-corrected chi connectivity index (χ3v) is 5.78. The minimum atomic E-state index is -0.0181. The molecule has 1 fully saturated rings. The molecule has 1 aliphatic carbocycles. The van der Waals surface area contributed by atoms with Crippen molar-refractivity contribution >= 4 is 23.4 Å². The minimum Gasteiger partial charge on any atom is -0.494 e. The normalized spacial score (nSPS) is 14.6. The number of amides is 1. The fourth-order valence-corrected chi connectivity index (χ4v) is 4.38. The number of nitrogens with one attached hydrogen (secondary N) is 1. The van der Waals surface area contributed by atoms with E-state index in [-0.39, 0.29) is 5.91 Å². The molecular formula is C20H27N3O2S. The smallest absolute Gasteiger partial charge is 0.234 e. The van der Waals surface area contributed by atoms with Gasteiger partial charge in [0.05, 0.1) is 18.1 Å². The van der Waals surface area contributed by atoms with E-state index in [1.807, 2.05) is 38.1 Å². The zero-order valence-corrected chi connectivity index (χ0v) is 16.6. The van der Waals surface area contributed by atoms with Crippen molar-refractivity contribution in [1.29, 1.82) is 0 Å². The van der Waals surface area contributed by atoms with Gasteiger partial charge in [0.1, 0.15) is 5.75 Å². The number of imidazole rings is 1. The number of aromatic nitrogens is 2. The maximum atomic E-state index is 12.3. The van der Waals surface area contributed by atoms with Gasteiger partial charge in [-0.1, -0.05) is 24.6 Å². The van der Waals surface area contributed by atoms with Gasteiger partial charge in [-0.25, -0.2) is 4.98 Å². The predicted octanol–water partition coefficient (Wildman–Crippen LogP) is 4.74. The Hall–Kier alpha value is -1.95. The second-order valence-corrected chi connectivity index (χ2v) is 7.61. The van der Waals surface area contributed by atoms with Crippen molar-refractivity contribution in [3.05, 3.63) is 35.7 Å². The first-order valence-electron chi connectivity index (χ1n) is 9.29. The lowest BCUT2D eigenvalue weighted by Crippen LogP contribution is -2.15. The van der Waals surface area contributed by atoms with Crippen molar-refractivity contribution in [2.75, 3.05) is 17.7 Å². The summed E-state index contributed by atoms with van der Waals surface area (Å²) in [6.45, 7) is 6.76. The maximum absolute atomic E-state index is 12.3. The van der Waals surface area contributed by atoms with Gasteiger partial charge in [-0.2, -0.15) is 0 Å². The van der Waals surface area contributed by atoms with E-state index >= 15 is 0 Å². The van der Waals surface area contributed by atoms with Gasteiger partial charge in [-0.15, -0.1) is 0 Å². The van der Waals surface area contributed by atoms with E-state index in [2.05, 4.69) is 16.8 Å². The number of hydrogen-bond acceptors (Lipinski definition) is 4. The van der Waals surface area contributed by atoms with Crippen LogP contribution >= 0.6 is 11.8 Å². The lowest BCUT2D eigenvalue weighted by Gasteiger charge is -2.16. The number of nitrogens with zero attached hydrogens (tertiary/aromatic N) is 2. The van der Waals surface area contributed by atoms with Gasteiger partial charge in [0.2, 0.25) is 5.91 Å². The fraction of sp³-hybridized carbons (Fsp3) is 0.500. The molecule has 6 heteroatoms. The Kier molecular flexibility index (Phi) is 6.25. The minimum absolute atomic E-state index is 0.0181. The number of carbonyl (C=O) groups is 1. The molecule has 0 bridgehead atoms. The van der Waals surface area contributed by atoms with Crippen molar-refractivity contribution in [1.82, 2.24) is 9.55 Å². The van der Waals surface area contributed by atoms with Crippen molar-refractivity contribution in [3.63, 3.8) is 0 Å². The molecule has 1 amide bonds. The molecule has 1 aliphatic rings. The molecule has 0 spiro atoms. The van der Waals surface area contributed by atoms with E-state index in [0.29, 0.717) is 18.4 Å². The van der Waals surface area contributed by atoms with Crippen LogP contribution < -0.4 is 10.1 Å². The Balaban J connectivity index is 1.60. The molecule has 1 N–H and O–H groups in total. The highest BCUT2D eigenvalue weighted by atomic mass is 32.2. The molecular weight excluding hydrogens is 346 g/mol. The van der Waals surface area contributed by atoms with Crippen molar-refractivity contribution < 1.29 is 9.53 Å². The molecule has 1 aromatic carbocycles. The van der Waals surface area contributed by atoms with E-state index in [1.165, 1.54) is 43.1 Å². The number of benzene rings is 1. The van der Waals surface area contributed by atoms with Crippen LogP contribution in [0.2, 0.25) is 0 Å². The van der Waals surface area contributed by atoms with Crippen LogP contribution in [0.1, 0.15) is 50.0 Å². The molecule has 1 heterocycles. The van der Waals surface area contributed by atoms with Crippen LogP contribution in [0.5, 0.6) is 5.75 Å². The van der Waals surface area contributed by atoms with Crippen molar-refractivity contribution in [2.45, 2.75) is 57.7 Å². The summed E-state index contributed by atoms with van der Waals surface area (Å²) in [5, 5.41) is 3.91. The first-order chi connectivity index (χ1) is 12.6. The Bertz CT molecular complexity index is 749. The van der Waals surface area contributed by atoms with Crippen LogP contribution in [0.3, 0.4) is 0 Å². The highest BCUT2D eigenvalue weighted by molar-refractivity contribution is 7.99. The topological polar surface area (TPSA) is 56.1 Å². The lowest BCUT2D eigenvalue weighted by molar-refractivity contribution is -0.113. The molecule has 0 aliphatic heterocycles. The van der Waals surface area contributed by atoms with Crippen LogP contribution in [-0.4, -0.2) is 27.8 Å². The lowest BCUT2D eigenvalue weighted by atomic mass is 10.2. The third kappa shape index (κ3) is 4.41. The van der Waals surface area contributed by atoms with Crippen LogP contribution in [-0.2, 0) is 4.79 Å². The van der Waals surface area contributed by atoms with E-state index in [9.17, 15) is 4.79 Å². The number of anilines is 1. The molecule has 26 heavy (non-hydrogen) atoms. The van der Waals surface area contributed by atoms with Gasteiger partial charge in [0, 0.05) is 17.4 Å². The summed E-state index contributed by atoms with van der Waals surface area (Å²) in [4.78, 5) is 17.0. The second-order valence-electron chi connectivity index (χ2n) is 6.67. The zero-order valence-electron chi connectivity index (χ0n) is 15.7. The first kappa shape index (κ1) is 18.8. The molecule has 140 valence electrons. The number of rotatable bonds is 7. The molecule has 1 aromatic heterocycles. The molecule has 2 aromatic rings. The average Bonchev–Trinajstić information content (AvgIpc) is 3.24. The summed E-state index contributed by atoms with van der Waals surface area (Å²) in [6.07, 6.45) is 4.98. The fourth-order valence-electron chi connectivity index (χ4n) is 3.42. The molecule has 0 atom stereocenters. The third-order valence-electron chi connectivity index (χ3n) is 4.83. The summed E-state index contributed by atoms with van der Waals surface area (Å²) in [5.41, 5.74) is 3.07. The molecule has 5 nitrogen and oxygen atoms in total. The zero-order chi connectivity index (χ0) is 18.5. The number of carbonyl (C=O) groups excluding carboxylic acids is 1. The number of hydrogen-bond donors (Lipinski definition) is 1. The first-order valence-corrected chi connectivity index (χ1v) is 10.3. The summed E-state index contributed by atoms with van der Waals surface area (Å²) < 4.78 is 7.76. The summed E-state index contributed by atoms with van der Waals surface area (Å²) in [5.74, 6) is 1.15. The maximum Gasteiger partial charge on any atom is 0.234 e. The summed E-state index contributed by atoms with van der Waals surface area (Å²) in [6, 6.07) is 7.99. The number of ether oxygens (including phenoxy) is 1. The largest absolute Gasteiger partial charge is 0.494 e. The second kappa shape index (κ2) is 8.62. The quantitative estimate of drug-likeness (QED) is 0.712. The number of thioether (sulfide) groups is 1. The van der Waals surface area contributed by atoms with Gasteiger partial charge in [-0.05, 0) is 57.9 Å². The standard InChI is InChI=1S/C20H27N3O2S/c1-4-25-18-11-9-16(10-12-18)22-19(24)13-26-20-21-14(2)15(3)23(20)17-7-5-6-8-17/h9-12,17H,4-8,13H2,1-3H3,(H,22,24). The summed E-state index contributed by atoms with van der Waals surface area (Å²) in [7, 11) is 0. The van der Waals surface area contributed by atoms with E-state index < -0.39 is 0 Å². The molecule has 0 saturated heterocycles. The van der Waals surface area contributed by atoms with Gasteiger partial charge in [-0.3, -0.25) is 4.79 Å². The van der Waals surface area contributed by atoms with E-state index in [0.717, 1.165) is 22.3 Å². The van der Waals surface area contributed by atoms with Crippen LogP contribution in [0, 0.1) is 13.8 Å². The Labute approximate surface area is 159 Å². The van der Waals surface area contributed by atoms with Gasteiger partial charge in [0.25, 0.3) is 0 Å². The number of aryl methyl sites for hydroxylation is 1. The predicted molar refractivity (Wildman–Crippen MR) is 106 cm³/mol. The Morgan fingerprint density at radius 3 is 2.62 bits per heavy atom. The summed E-state index contributed by atoms with van der Waals surface area (Å²) >= 11 is 1.52. The molecule has 0 unspecified atom stereocenters. The Morgan fingerprint density at radius 2 is 1.96 bits per heavy atom. The highest BCUT2D eigenvalue weighted by Crippen LogP contribution is 2.35. The van der Waals surface area contributed by atoms with Crippen LogP contribution in [0.25, 0.3) is 0 Å². The Morgan fingerprint density at radius 1 is 1.27 bits per heavy atom. The van der Waals surface area contributed by atoms with Gasteiger partial charge >= 0.3 is 0 Å². The van der Waals surface area contributed by atoms with Gasteiger partial charge < -0.3 is 14.6 Å². The van der Waals surface area contributed by atoms with Crippen LogP contribution in [0.15, 0.2) is 29.4 Å². The highest BCUT2D eigenvalue weighted by Gasteiger charge is 2.23. The molecule has 1 saturated carbocycles. The molecule has 3 rings (SSSR count). The van der Waals surface area contributed by atoms with Crippen LogP contribution in [0.4, 0.5) is 5.69 Å².